The Morgan fingerprint density at radius 1 is 1.35 bits per heavy atom. The maximum atomic E-state index is 12.6. The molecule has 108 valence electrons. The minimum absolute atomic E-state index is 0.0710. The number of benzene rings is 1. The van der Waals surface area contributed by atoms with E-state index in [0.717, 1.165) is 16.5 Å². The fraction of sp³-hybridized carbons (Fsp3) is 0.438. The molecule has 0 spiro atoms. The molecule has 0 aliphatic carbocycles. The Morgan fingerprint density at radius 2 is 2.05 bits per heavy atom. The summed E-state index contributed by atoms with van der Waals surface area (Å²) in [4.78, 5) is 14.4. The monoisotopic (exact) mass is 275 g/mol. The van der Waals surface area contributed by atoms with Gasteiger partial charge in [0.1, 0.15) is 5.58 Å². The molecule has 2 aromatic rings. The molecule has 0 atom stereocenters. The average Bonchev–Trinajstić information content (AvgIpc) is 2.76. The second-order valence-corrected chi connectivity index (χ2v) is 5.22. The van der Waals surface area contributed by atoms with E-state index in [4.69, 9.17) is 9.52 Å². The normalized spacial score (nSPS) is 11.2. The molecule has 4 heteroatoms. The van der Waals surface area contributed by atoms with E-state index in [9.17, 15) is 4.79 Å². The number of aryl methyl sites for hydroxylation is 1. The SMILES string of the molecule is Cc1c(C(=O)N(CCCO)C(C)C)oc2ccccc12. The van der Waals surface area contributed by atoms with Crippen LogP contribution >= 0.6 is 0 Å². The van der Waals surface area contributed by atoms with Gasteiger partial charge in [0, 0.05) is 30.1 Å². The van der Waals surface area contributed by atoms with Crippen molar-refractivity contribution in [2.45, 2.75) is 33.2 Å². The number of hydrogen-bond acceptors (Lipinski definition) is 3. The summed E-state index contributed by atoms with van der Waals surface area (Å²) >= 11 is 0. The second kappa shape index (κ2) is 6.09. The number of carbonyl (C=O) groups is 1. The van der Waals surface area contributed by atoms with Crippen LogP contribution in [0.2, 0.25) is 0 Å². The molecule has 2 rings (SSSR count). The molecule has 1 aromatic carbocycles. The minimum atomic E-state index is -0.109. The minimum Gasteiger partial charge on any atom is -0.451 e. The first kappa shape index (κ1) is 14.6. The van der Waals surface area contributed by atoms with Crippen molar-refractivity contribution < 1.29 is 14.3 Å². The molecule has 1 amide bonds. The van der Waals surface area contributed by atoms with Crippen molar-refractivity contribution in [1.82, 2.24) is 4.90 Å². The molecule has 1 heterocycles. The molecule has 1 aromatic heterocycles. The largest absolute Gasteiger partial charge is 0.451 e. The van der Waals surface area contributed by atoms with Gasteiger partial charge in [-0.1, -0.05) is 18.2 Å². The first-order valence-corrected chi connectivity index (χ1v) is 6.96. The number of rotatable bonds is 5. The third kappa shape index (κ3) is 2.70. The number of fused-ring (bicyclic) bond motifs is 1. The van der Waals surface area contributed by atoms with Crippen LogP contribution in [0.15, 0.2) is 28.7 Å². The van der Waals surface area contributed by atoms with Crippen LogP contribution in [-0.2, 0) is 0 Å². The standard InChI is InChI=1S/C16H21NO3/c1-11(2)17(9-6-10-18)16(19)15-12(3)13-7-4-5-8-14(13)20-15/h4-5,7-8,11,18H,6,9-10H2,1-3H3. The first-order valence-electron chi connectivity index (χ1n) is 6.96. The molecule has 0 radical (unpaired) electrons. The van der Waals surface area contributed by atoms with Crippen molar-refractivity contribution in [2.75, 3.05) is 13.2 Å². The van der Waals surface area contributed by atoms with E-state index in [1.807, 2.05) is 45.0 Å². The second-order valence-electron chi connectivity index (χ2n) is 5.22. The lowest BCUT2D eigenvalue weighted by molar-refractivity contribution is 0.0662. The zero-order valence-electron chi connectivity index (χ0n) is 12.2. The molecule has 0 aliphatic heterocycles. The van der Waals surface area contributed by atoms with E-state index < -0.39 is 0 Å². The summed E-state index contributed by atoms with van der Waals surface area (Å²) in [5.41, 5.74) is 1.61. The van der Waals surface area contributed by atoms with Crippen LogP contribution < -0.4 is 0 Å². The fourth-order valence-electron chi connectivity index (χ4n) is 2.34. The van der Waals surface area contributed by atoms with Crippen LogP contribution in [0.3, 0.4) is 0 Å². The van der Waals surface area contributed by atoms with Gasteiger partial charge in [0.15, 0.2) is 5.76 Å². The highest BCUT2D eigenvalue weighted by atomic mass is 16.3. The number of furan rings is 1. The number of amides is 1. The van der Waals surface area contributed by atoms with Crippen LogP contribution in [0.4, 0.5) is 0 Å². The van der Waals surface area contributed by atoms with Crippen LogP contribution in [0, 0.1) is 6.92 Å². The molecular formula is C16H21NO3. The molecule has 0 unspecified atom stereocenters. The summed E-state index contributed by atoms with van der Waals surface area (Å²) in [6.45, 7) is 6.45. The molecule has 1 N–H and O–H groups in total. The van der Waals surface area contributed by atoms with Gasteiger partial charge in [-0.3, -0.25) is 4.79 Å². The van der Waals surface area contributed by atoms with E-state index in [2.05, 4.69) is 0 Å². The summed E-state index contributed by atoms with van der Waals surface area (Å²) in [6, 6.07) is 7.73. The number of aliphatic hydroxyl groups is 1. The molecule has 20 heavy (non-hydrogen) atoms. The maximum Gasteiger partial charge on any atom is 0.290 e. The Kier molecular flexibility index (Phi) is 4.45. The van der Waals surface area contributed by atoms with Gasteiger partial charge in [-0.05, 0) is 33.3 Å². The highest BCUT2D eigenvalue weighted by Gasteiger charge is 2.24. The first-order chi connectivity index (χ1) is 9.56. The summed E-state index contributed by atoms with van der Waals surface area (Å²) in [5.74, 6) is 0.292. The lowest BCUT2D eigenvalue weighted by Gasteiger charge is -2.25. The summed E-state index contributed by atoms with van der Waals surface area (Å²) in [7, 11) is 0. The number of hydrogen-bond donors (Lipinski definition) is 1. The fourth-order valence-corrected chi connectivity index (χ4v) is 2.34. The third-order valence-corrected chi connectivity index (χ3v) is 3.48. The Bertz CT molecular complexity index is 601. The summed E-state index contributed by atoms with van der Waals surface area (Å²) in [6.07, 6.45) is 0.573. The van der Waals surface area contributed by atoms with Gasteiger partial charge in [0.2, 0.25) is 0 Å². The summed E-state index contributed by atoms with van der Waals surface area (Å²) < 4.78 is 5.72. The predicted octanol–water partition coefficient (Wildman–Crippen LogP) is 2.97. The quantitative estimate of drug-likeness (QED) is 0.912. The zero-order valence-corrected chi connectivity index (χ0v) is 12.2. The van der Waals surface area contributed by atoms with Crippen LogP contribution in [0.25, 0.3) is 11.0 Å². The van der Waals surface area contributed by atoms with Gasteiger partial charge in [0.25, 0.3) is 5.91 Å². The molecule has 0 saturated heterocycles. The topological polar surface area (TPSA) is 53.7 Å². The highest BCUT2D eigenvalue weighted by Crippen LogP contribution is 2.26. The van der Waals surface area contributed by atoms with Gasteiger partial charge < -0.3 is 14.4 Å². The molecular weight excluding hydrogens is 254 g/mol. The van der Waals surface area contributed by atoms with E-state index in [0.29, 0.717) is 18.7 Å². The Hall–Kier alpha value is -1.81. The van der Waals surface area contributed by atoms with E-state index in [1.165, 1.54) is 0 Å². The Balaban J connectivity index is 2.36. The van der Waals surface area contributed by atoms with Crippen LogP contribution in [-0.4, -0.2) is 35.1 Å². The number of para-hydroxylation sites is 1. The predicted molar refractivity (Wildman–Crippen MR) is 78.8 cm³/mol. The molecule has 0 aliphatic rings. The lowest BCUT2D eigenvalue weighted by Crippen LogP contribution is -2.38. The van der Waals surface area contributed by atoms with Crippen molar-refractivity contribution in [1.29, 1.82) is 0 Å². The number of nitrogens with zero attached hydrogens (tertiary/aromatic N) is 1. The van der Waals surface area contributed by atoms with Gasteiger partial charge in [-0.15, -0.1) is 0 Å². The molecule has 0 bridgehead atoms. The van der Waals surface area contributed by atoms with Crippen molar-refractivity contribution >= 4 is 16.9 Å². The van der Waals surface area contributed by atoms with Crippen LogP contribution in [0.1, 0.15) is 36.4 Å². The number of aliphatic hydroxyl groups excluding tert-OH is 1. The van der Waals surface area contributed by atoms with Gasteiger partial charge >= 0.3 is 0 Å². The smallest absolute Gasteiger partial charge is 0.290 e. The average molecular weight is 275 g/mol. The van der Waals surface area contributed by atoms with Crippen molar-refractivity contribution in [3.05, 3.63) is 35.6 Å². The lowest BCUT2D eigenvalue weighted by atomic mass is 10.1. The maximum absolute atomic E-state index is 12.6. The van der Waals surface area contributed by atoms with Gasteiger partial charge in [-0.2, -0.15) is 0 Å². The van der Waals surface area contributed by atoms with E-state index in [-0.39, 0.29) is 18.6 Å². The van der Waals surface area contributed by atoms with E-state index >= 15 is 0 Å². The van der Waals surface area contributed by atoms with Gasteiger partial charge in [0.05, 0.1) is 0 Å². The van der Waals surface area contributed by atoms with Crippen molar-refractivity contribution in [2.24, 2.45) is 0 Å². The summed E-state index contributed by atoms with van der Waals surface area (Å²) in [5, 5.41) is 9.93. The third-order valence-electron chi connectivity index (χ3n) is 3.48. The Labute approximate surface area is 119 Å². The van der Waals surface area contributed by atoms with Gasteiger partial charge in [-0.25, -0.2) is 0 Å². The zero-order chi connectivity index (χ0) is 14.7. The number of carbonyl (C=O) groups excluding carboxylic acids is 1. The highest BCUT2D eigenvalue weighted by molar-refractivity contribution is 5.99. The molecule has 0 fully saturated rings. The van der Waals surface area contributed by atoms with Crippen LogP contribution in [0.5, 0.6) is 0 Å². The van der Waals surface area contributed by atoms with Crippen molar-refractivity contribution in [3.63, 3.8) is 0 Å². The molecule has 0 saturated carbocycles. The molecule has 4 nitrogen and oxygen atoms in total. The van der Waals surface area contributed by atoms with Crippen molar-refractivity contribution in [3.8, 4) is 0 Å². The van der Waals surface area contributed by atoms with E-state index in [1.54, 1.807) is 4.90 Å². The Morgan fingerprint density at radius 3 is 2.65 bits per heavy atom.